The molecule has 186 valence electrons. The molecule has 6 aromatic carbocycles. The van der Waals surface area contributed by atoms with Gasteiger partial charge in [0, 0.05) is 16.5 Å². The first kappa shape index (κ1) is 23.3. The highest BCUT2D eigenvalue weighted by Crippen LogP contribution is 2.37. The number of nitrogens with zero attached hydrogens (tertiary/aromatic N) is 1. The van der Waals surface area contributed by atoms with Gasteiger partial charge in [0.2, 0.25) is 0 Å². The third-order valence-electron chi connectivity index (χ3n) is 7.91. The summed E-state index contributed by atoms with van der Waals surface area (Å²) < 4.78 is 2.39. The fraction of sp³-hybridized carbons (Fsp3) is 0.0526. The van der Waals surface area contributed by atoms with E-state index in [1.165, 1.54) is 72.0 Å². The highest BCUT2D eigenvalue weighted by atomic mass is 15.0. The second-order valence-corrected chi connectivity index (χ2v) is 10.3. The molecule has 0 amide bonds. The highest BCUT2D eigenvalue weighted by Gasteiger charge is 2.14. The summed E-state index contributed by atoms with van der Waals surface area (Å²) in [5, 5.41) is 2.54. The van der Waals surface area contributed by atoms with Crippen molar-refractivity contribution in [3.63, 3.8) is 0 Å². The van der Waals surface area contributed by atoms with Crippen molar-refractivity contribution in [2.45, 2.75) is 13.8 Å². The van der Waals surface area contributed by atoms with Crippen LogP contribution in [0.5, 0.6) is 0 Å². The van der Waals surface area contributed by atoms with E-state index >= 15 is 0 Å². The van der Waals surface area contributed by atoms with E-state index < -0.39 is 0 Å². The molecular weight excluding hydrogens is 470 g/mol. The van der Waals surface area contributed by atoms with Gasteiger partial charge >= 0.3 is 0 Å². The molecule has 0 spiro atoms. The Bertz CT molecular complexity index is 1960. The zero-order valence-corrected chi connectivity index (χ0v) is 22.2. The van der Waals surface area contributed by atoms with E-state index in [1.54, 1.807) is 0 Å². The van der Waals surface area contributed by atoms with Crippen LogP contribution in [0, 0.1) is 13.8 Å². The Morgan fingerprint density at radius 1 is 0.385 bits per heavy atom. The Labute approximate surface area is 229 Å². The summed E-state index contributed by atoms with van der Waals surface area (Å²) in [6.07, 6.45) is 0. The van der Waals surface area contributed by atoms with Crippen molar-refractivity contribution in [3.05, 3.63) is 151 Å². The van der Waals surface area contributed by atoms with Crippen molar-refractivity contribution in [1.82, 2.24) is 4.57 Å². The molecule has 7 rings (SSSR count). The van der Waals surface area contributed by atoms with Gasteiger partial charge < -0.3 is 4.57 Å². The van der Waals surface area contributed by atoms with Gasteiger partial charge in [-0.25, -0.2) is 0 Å². The molecule has 0 saturated heterocycles. The monoisotopic (exact) mass is 499 g/mol. The second kappa shape index (κ2) is 9.45. The van der Waals surface area contributed by atoms with Crippen LogP contribution in [0.2, 0.25) is 0 Å². The van der Waals surface area contributed by atoms with Crippen molar-refractivity contribution in [3.8, 4) is 39.1 Å². The standard InChI is InChI=1S/C38H29N/c1-26-10-6-7-13-33(26)35-24-30(17-16-27(35)2)31-20-23-38-36(25-31)34-14-8-9-15-37(34)39(38)32-21-18-29(19-22-32)28-11-4-3-5-12-28/h3-25H,1-2H3. The van der Waals surface area contributed by atoms with E-state index in [4.69, 9.17) is 0 Å². The summed E-state index contributed by atoms with van der Waals surface area (Å²) in [6, 6.07) is 50.6. The van der Waals surface area contributed by atoms with Gasteiger partial charge in [-0.15, -0.1) is 0 Å². The van der Waals surface area contributed by atoms with Crippen molar-refractivity contribution in [2.75, 3.05) is 0 Å². The maximum absolute atomic E-state index is 2.39. The molecule has 0 fully saturated rings. The SMILES string of the molecule is Cc1ccccc1-c1cc(-c2ccc3c(c2)c2ccccc2n3-c2ccc(-c3ccccc3)cc2)ccc1C. The average molecular weight is 500 g/mol. The van der Waals surface area contributed by atoms with Crippen LogP contribution in [0.3, 0.4) is 0 Å². The van der Waals surface area contributed by atoms with Crippen molar-refractivity contribution in [1.29, 1.82) is 0 Å². The minimum atomic E-state index is 1.17. The molecule has 0 aliphatic heterocycles. The smallest absolute Gasteiger partial charge is 0.0541 e. The lowest BCUT2D eigenvalue weighted by Gasteiger charge is -2.13. The minimum Gasteiger partial charge on any atom is -0.309 e. The normalized spacial score (nSPS) is 11.3. The Kier molecular flexibility index (Phi) is 5.64. The van der Waals surface area contributed by atoms with Gasteiger partial charge in [-0.2, -0.15) is 0 Å². The zero-order chi connectivity index (χ0) is 26.3. The van der Waals surface area contributed by atoms with Crippen LogP contribution in [-0.2, 0) is 0 Å². The first-order valence-corrected chi connectivity index (χ1v) is 13.5. The van der Waals surface area contributed by atoms with E-state index in [0.717, 1.165) is 0 Å². The summed E-state index contributed by atoms with van der Waals surface area (Å²) in [5.74, 6) is 0. The number of hydrogen-bond donors (Lipinski definition) is 0. The van der Waals surface area contributed by atoms with Gasteiger partial charge in [0.15, 0.2) is 0 Å². The van der Waals surface area contributed by atoms with E-state index in [2.05, 4.69) is 158 Å². The van der Waals surface area contributed by atoms with Gasteiger partial charge in [-0.1, -0.05) is 103 Å². The van der Waals surface area contributed by atoms with Gasteiger partial charge in [0.05, 0.1) is 11.0 Å². The number of para-hydroxylation sites is 1. The first-order chi connectivity index (χ1) is 19.2. The molecule has 1 aromatic heterocycles. The molecule has 0 aliphatic rings. The van der Waals surface area contributed by atoms with Gasteiger partial charge in [-0.3, -0.25) is 0 Å². The predicted molar refractivity (Wildman–Crippen MR) is 167 cm³/mol. The van der Waals surface area contributed by atoms with Crippen LogP contribution in [0.4, 0.5) is 0 Å². The Balaban J connectivity index is 1.37. The third-order valence-corrected chi connectivity index (χ3v) is 7.91. The quantitative estimate of drug-likeness (QED) is 0.227. The highest BCUT2D eigenvalue weighted by molar-refractivity contribution is 6.10. The number of rotatable bonds is 4. The lowest BCUT2D eigenvalue weighted by atomic mass is 9.92. The topological polar surface area (TPSA) is 4.93 Å². The van der Waals surface area contributed by atoms with E-state index in [0.29, 0.717) is 0 Å². The lowest BCUT2D eigenvalue weighted by molar-refractivity contribution is 1.18. The number of aromatic nitrogens is 1. The van der Waals surface area contributed by atoms with E-state index in [9.17, 15) is 0 Å². The molecule has 0 unspecified atom stereocenters. The number of hydrogen-bond acceptors (Lipinski definition) is 0. The molecule has 0 radical (unpaired) electrons. The minimum absolute atomic E-state index is 1.17. The lowest BCUT2D eigenvalue weighted by Crippen LogP contribution is -1.93. The fourth-order valence-electron chi connectivity index (χ4n) is 5.83. The summed E-state index contributed by atoms with van der Waals surface area (Å²) in [5.41, 5.74) is 13.8. The number of fused-ring (bicyclic) bond motifs is 3. The van der Waals surface area contributed by atoms with Crippen LogP contribution in [0.15, 0.2) is 140 Å². The summed E-state index contributed by atoms with van der Waals surface area (Å²) in [6.45, 7) is 4.39. The molecule has 0 saturated carbocycles. The molecule has 1 heteroatoms. The van der Waals surface area contributed by atoms with E-state index in [1.807, 2.05) is 0 Å². The van der Waals surface area contributed by atoms with Crippen LogP contribution in [0.1, 0.15) is 11.1 Å². The fourth-order valence-corrected chi connectivity index (χ4v) is 5.83. The third kappa shape index (κ3) is 4.04. The number of aryl methyl sites for hydroxylation is 2. The molecule has 0 N–H and O–H groups in total. The Hall–Kier alpha value is -4.88. The van der Waals surface area contributed by atoms with Gasteiger partial charge in [0.1, 0.15) is 0 Å². The van der Waals surface area contributed by atoms with Gasteiger partial charge in [-0.05, 0) is 94.8 Å². The van der Waals surface area contributed by atoms with Crippen molar-refractivity contribution >= 4 is 21.8 Å². The molecule has 7 aromatic rings. The predicted octanol–water partition coefficient (Wildman–Crippen LogP) is 10.4. The zero-order valence-electron chi connectivity index (χ0n) is 22.2. The van der Waals surface area contributed by atoms with Crippen molar-refractivity contribution < 1.29 is 0 Å². The molecule has 1 heterocycles. The van der Waals surface area contributed by atoms with Crippen molar-refractivity contribution in [2.24, 2.45) is 0 Å². The summed E-state index contributed by atoms with van der Waals surface area (Å²) >= 11 is 0. The Morgan fingerprint density at radius 3 is 1.79 bits per heavy atom. The maximum Gasteiger partial charge on any atom is 0.0541 e. The molecular formula is C38H29N. The Morgan fingerprint density at radius 2 is 0.974 bits per heavy atom. The molecule has 0 bridgehead atoms. The molecule has 39 heavy (non-hydrogen) atoms. The maximum atomic E-state index is 2.39. The average Bonchev–Trinajstić information content (AvgIpc) is 3.32. The summed E-state index contributed by atoms with van der Waals surface area (Å²) in [4.78, 5) is 0. The summed E-state index contributed by atoms with van der Waals surface area (Å²) in [7, 11) is 0. The van der Waals surface area contributed by atoms with Crippen LogP contribution in [-0.4, -0.2) is 4.57 Å². The molecule has 1 nitrogen and oxygen atoms in total. The first-order valence-electron chi connectivity index (χ1n) is 13.5. The largest absolute Gasteiger partial charge is 0.309 e. The molecule has 0 atom stereocenters. The molecule has 0 aliphatic carbocycles. The van der Waals surface area contributed by atoms with Crippen LogP contribution in [0.25, 0.3) is 60.9 Å². The van der Waals surface area contributed by atoms with Crippen LogP contribution >= 0.6 is 0 Å². The van der Waals surface area contributed by atoms with E-state index in [-0.39, 0.29) is 0 Å². The second-order valence-electron chi connectivity index (χ2n) is 10.3. The number of benzene rings is 6. The van der Waals surface area contributed by atoms with Crippen LogP contribution < -0.4 is 0 Å². The van der Waals surface area contributed by atoms with Gasteiger partial charge in [0.25, 0.3) is 0 Å².